The number of ether oxygens (including phenoxy) is 4. The molecule has 0 saturated carbocycles. The van der Waals surface area contributed by atoms with Gasteiger partial charge in [0.05, 0.1) is 50.7 Å². The van der Waals surface area contributed by atoms with E-state index in [0.29, 0.717) is 53.9 Å². The van der Waals surface area contributed by atoms with Crippen LogP contribution in [0.2, 0.25) is 0 Å². The second-order valence-corrected chi connectivity index (χ2v) is 9.68. The van der Waals surface area contributed by atoms with Gasteiger partial charge in [0.25, 0.3) is 0 Å². The number of methoxy groups -OCH3 is 2. The Morgan fingerprint density at radius 2 is 1.74 bits per heavy atom. The minimum absolute atomic E-state index is 0.338. The molecule has 0 amide bonds. The van der Waals surface area contributed by atoms with Crippen LogP contribution >= 0.6 is 0 Å². The predicted molar refractivity (Wildman–Crippen MR) is 162 cm³/mol. The summed E-state index contributed by atoms with van der Waals surface area (Å²) < 4.78 is 24.7. The molecular formula is C30H33N9O4. The van der Waals surface area contributed by atoms with Crippen LogP contribution in [0.5, 0.6) is 17.2 Å². The van der Waals surface area contributed by atoms with Gasteiger partial charge in [0, 0.05) is 43.7 Å². The topological polar surface area (TPSA) is 134 Å². The summed E-state index contributed by atoms with van der Waals surface area (Å²) in [6.07, 6.45) is 3.22. The molecule has 43 heavy (non-hydrogen) atoms. The number of aromatic nitrogens is 6. The zero-order valence-electron chi connectivity index (χ0n) is 24.1. The van der Waals surface area contributed by atoms with Crippen molar-refractivity contribution in [3.05, 3.63) is 72.8 Å². The van der Waals surface area contributed by atoms with Gasteiger partial charge in [-0.25, -0.2) is 19.5 Å². The fraction of sp³-hybridized carbons (Fsp3) is 0.300. The lowest BCUT2D eigenvalue weighted by Crippen LogP contribution is -2.38. The first kappa shape index (κ1) is 28.1. The molecule has 13 nitrogen and oxygen atoms in total. The van der Waals surface area contributed by atoms with Crippen LogP contribution in [-0.2, 0) is 11.3 Å². The Morgan fingerprint density at radius 1 is 0.907 bits per heavy atom. The van der Waals surface area contributed by atoms with Gasteiger partial charge in [-0.2, -0.15) is 4.98 Å². The highest BCUT2D eigenvalue weighted by atomic mass is 16.5. The van der Waals surface area contributed by atoms with Gasteiger partial charge in [0.1, 0.15) is 12.9 Å². The van der Waals surface area contributed by atoms with Crippen molar-refractivity contribution >= 4 is 28.6 Å². The van der Waals surface area contributed by atoms with Crippen LogP contribution in [0.4, 0.5) is 17.6 Å². The fourth-order valence-corrected chi connectivity index (χ4v) is 4.82. The number of imidazole rings is 1. The summed E-state index contributed by atoms with van der Waals surface area (Å²) in [7, 11) is 3.18. The monoisotopic (exact) mass is 583 g/mol. The Hall–Kier alpha value is -5.01. The van der Waals surface area contributed by atoms with E-state index in [2.05, 4.69) is 30.5 Å². The first-order valence-corrected chi connectivity index (χ1v) is 14.0. The number of nitrogens with one attached hydrogen (secondary N) is 2. The number of nitrogens with zero attached hydrogens (tertiary/aromatic N) is 7. The van der Waals surface area contributed by atoms with Gasteiger partial charge in [-0.05, 0) is 24.3 Å². The predicted octanol–water partition coefficient (Wildman–Crippen LogP) is 3.69. The van der Waals surface area contributed by atoms with Gasteiger partial charge in [-0.3, -0.25) is 9.88 Å². The van der Waals surface area contributed by atoms with E-state index in [4.69, 9.17) is 28.9 Å². The minimum atomic E-state index is 0.338. The van der Waals surface area contributed by atoms with Crippen molar-refractivity contribution in [1.82, 2.24) is 34.4 Å². The highest BCUT2D eigenvalue weighted by Gasteiger charge is 2.18. The SMILES string of the molecule is COc1cc(Nc2ncnc(-n3c(NCc4ccccn4)nc4ccccc43)n2)cc(OCCN2CCOCC2)c1OC. The fourth-order valence-electron chi connectivity index (χ4n) is 4.82. The van der Waals surface area contributed by atoms with Crippen LogP contribution in [0.15, 0.2) is 67.1 Å². The van der Waals surface area contributed by atoms with E-state index in [9.17, 15) is 0 Å². The molecule has 6 rings (SSSR count). The van der Waals surface area contributed by atoms with Crippen LogP contribution < -0.4 is 24.8 Å². The first-order valence-electron chi connectivity index (χ1n) is 14.0. The summed E-state index contributed by atoms with van der Waals surface area (Å²) >= 11 is 0. The van der Waals surface area contributed by atoms with Gasteiger partial charge in [0.2, 0.25) is 23.6 Å². The van der Waals surface area contributed by atoms with Crippen LogP contribution in [0.25, 0.3) is 17.0 Å². The summed E-state index contributed by atoms with van der Waals surface area (Å²) in [5.41, 5.74) is 3.21. The molecule has 1 fully saturated rings. The zero-order valence-corrected chi connectivity index (χ0v) is 24.1. The summed E-state index contributed by atoms with van der Waals surface area (Å²) in [5, 5.41) is 6.65. The molecule has 0 atom stereocenters. The second-order valence-electron chi connectivity index (χ2n) is 9.68. The summed E-state index contributed by atoms with van der Waals surface area (Å²) in [6, 6.07) is 17.3. The maximum absolute atomic E-state index is 6.16. The number of hydrogen-bond acceptors (Lipinski definition) is 12. The Kier molecular flexibility index (Phi) is 8.71. The number of benzene rings is 2. The van der Waals surface area contributed by atoms with Crippen molar-refractivity contribution in [3.8, 4) is 23.2 Å². The van der Waals surface area contributed by atoms with Crippen LogP contribution in [-0.4, -0.2) is 88.1 Å². The second kappa shape index (κ2) is 13.3. The van der Waals surface area contributed by atoms with Crippen LogP contribution in [0, 0.1) is 0 Å². The first-order chi connectivity index (χ1) is 21.2. The Morgan fingerprint density at radius 3 is 2.56 bits per heavy atom. The summed E-state index contributed by atoms with van der Waals surface area (Å²) in [4.78, 5) is 25.1. The maximum Gasteiger partial charge on any atom is 0.241 e. The lowest BCUT2D eigenvalue weighted by Gasteiger charge is -2.26. The van der Waals surface area contributed by atoms with E-state index in [1.807, 2.05) is 59.2 Å². The third kappa shape index (κ3) is 6.58. The normalized spacial score (nSPS) is 13.5. The van der Waals surface area contributed by atoms with Crippen molar-refractivity contribution in [1.29, 1.82) is 0 Å². The number of rotatable bonds is 12. The van der Waals surface area contributed by atoms with E-state index in [0.717, 1.165) is 49.6 Å². The van der Waals surface area contributed by atoms with E-state index < -0.39 is 0 Å². The average molecular weight is 584 g/mol. The Bertz CT molecular complexity index is 1660. The van der Waals surface area contributed by atoms with Gasteiger partial charge in [-0.1, -0.05) is 18.2 Å². The molecule has 4 heterocycles. The molecule has 0 radical (unpaired) electrons. The molecule has 0 bridgehead atoms. The number of fused-ring (bicyclic) bond motifs is 1. The average Bonchev–Trinajstić information content (AvgIpc) is 3.43. The van der Waals surface area contributed by atoms with E-state index in [1.165, 1.54) is 6.33 Å². The maximum atomic E-state index is 6.16. The molecule has 222 valence electrons. The molecule has 2 aromatic carbocycles. The lowest BCUT2D eigenvalue weighted by molar-refractivity contribution is 0.0321. The number of anilines is 3. The molecule has 3 aromatic heterocycles. The molecule has 0 aliphatic carbocycles. The number of para-hydroxylation sites is 2. The third-order valence-electron chi connectivity index (χ3n) is 6.94. The highest BCUT2D eigenvalue weighted by Crippen LogP contribution is 2.40. The molecule has 0 unspecified atom stereocenters. The third-order valence-corrected chi connectivity index (χ3v) is 6.94. The van der Waals surface area contributed by atoms with E-state index >= 15 is 0 Å². The Labute approximate surface area is 248 Å². The number of morpholine rings is 1. The van der Waals surface area contributed by atoms with E-state index in [-0.39, 0.29) is 0 Å². The van der Waals surface area contributed by atoms with Crippen molar-refractivity contribution in [2.45, 2.75) is 6.54 Å². The van der Waals surface area contributed by atoms with Crippen LogP contribution in [0.3, 0.4) is 0 Å². The molecule has 5 aromatic rings. The summed E-state index contributed by atoms with van der Waals surface area (Å²) in [6.45, 7) is 5.00. The quantitative estimate of drug-likeness (QED) is 0.222. The zero-order chi connectivity index (χ0) is 29.4. The lowest BCUT2D eigenvalue weighted by atomic mass is 10.2. The molecule has 1 aliphatic rings. The standard InChI is InChI=1S/C30H33N9O4/c1-40-25-17-22(18-26(27(25)41-2)43-16-13-38-11-14-42-15-12-38)35-28-33-20-34-30(37-28)39-24-9-4-3-8-23(24)36-29(39)32-19-21-7-5-6-10-31-21/h3-10,17-18,20H,11-16,19H2,1-2H3,(H,32,36)(H,33,34,35,37). The van der Waals surface area contributed by atoms with Gasteiger partial charge in [-0.15, -0.1) is 0 Å². The van der Waals surface area contributed by atoms with Crippen molar-refractivity contribution in [2.75, 3.05) is 64.3 Å². The minimum Gasteiger partial charge on any atom is -0.493 e. The van der Waals surface area contributed by atoms with Gasteiger partial charge in [0.15, 0.2) is 11.5 Å². The largest absolute Gasteiger partial charge is 0.493 e. The molecule has 1 aliphatic heterocycles. The molecule has 1 saturated heterocycles. The molecule has 2 N–H and O–H groups in total. The molecular weight excluding hydrogens is 550 g/mol. The van der Waals surface area contributed by atoms with Gasteiger partial charge < -0.3 is 29.6 Å². The molecule has 0 spiro atoms. The smallest absolute Gasteiger partial charge is 0.241 e. The summed E-state index contributed by atoms with van der Waals surface area (Å²) in [5.74, 6) is 2.91. The van der Waals surface area contributed by atoms with Crippen molar-refractivity contribution in [2.24, 2.45) is 0 Å². The van der Waals surface area contributed by atoms with Gasteiger partial charge >= 0.3 is 0 Å². The Balaban J connectivity index is 1.26. The number of hydrogen-bond donors (Lipinski definition) is 2. The van der Waals surface area contributed by atoms with Crippen LogP contribution in [0.1, 0.15) is 5.69 Å². The highest BCUT2D eigenvalue weighted by molar-refractivity contribution is 5.80. The van der Waals surface area contributed by atoms with E-state index in [1.54, 1.807) is 20.4 Å². The number of pyridine rings is 1. The van der Waals surface area contributed by atoms with Crippen molar-refractivity contribution < 1.29 is 18.9 Å². The molecule has 13 heteroatoms. The van der Waals surface area contributed by atoms with Crippen molar-refractivity contribution in [3.63, 3.8) is 0 Å².